The molecule has 3 heterocycles. The number of nitrogens with zero attached hydrogens (tertiary/aromatic N) is 5. The van der Waals surface area contributed by atoms with Crippen molar-refractivity contribution in [3.05, 3.63) is 42.4 Å². The number of pyridine rings is 1. The lowest BCUT2D eigenvalue weighted by molar-refractivity contribution is -0.0495. The molecule has 1 aliphatic heterocycles. The van der Waals surface area contributed by atoms with Crippen molar-refractivity contribution >= 4 is 32.6 Å². The maximum Gasteiger partial charge on any atom is 0.387 e. The van der Waals surface area contributed by atoms with Crippen LogP contribution in [-0.2, 0) is 17.1 Å². The number of anilines is 2. The van der Waals surface area contributed by atoms with E-state index >= 15 is 0 Å². The van der Waals surface area contributed by atoms with Crippen molar-refractivity contribution in [2.75, 3.05) is 30.8 Å². The highest BCUT2D eigenvalue weighted by atomic mass is 32.2. The van der Waals surface area contributed by atoms with E-state index < -0.39 is 16.6 Å². The summed E-state index contributed by atoms with van der Waals surface area (Å²) in [5.74, 6) is 0.608. The average Bonchev–Trinajstić information content (AvgIpc) is 3.06. The van der Waals surface area contributed by atoms with Gasteiger partial charge in [0.25, 0.3) is 0 Å². The lowest BCUT2D eigenvalue weighted by Gasteiger charge is -2.38. The summed E-state index contributed by atoms with van der Waals surface area (Å²) in [5, 5.41) is 0. The Labute approximate surface area is 185 Å². The molecular formula is C21H25F2N5O3S. The van der Waals surface area contributed by atoms with Crippen molar-refractivity contribution in [1.29, 1.82) is 0 Å². The van der Waals surface area contributed by atoms with E-state index in [1.165, 1.54) is 4.31 Å². The van der Waals surface area contributed by atoms with Gasteiger partial charge in [-0.1, -0.05) is 13.0 Å². The zero-order valence-corrected chi connectivity index (χ0v) is 18.9. The number of sulfonamides is 1. The Balaban J connectivity index is 1.60. The first-order chi connectivity index (χ1) is 15.2. The molecule has 1 aromatic carbocycles. The van der Waals surface area contributed by atoms with Gasteiger partial charge in [0, 0.05) is 39.2 Å². The Morgan fingerprint density at radius 3 is 2.69 bits per heavy atom. The van der Waals surface area contributed by atoms with Crippen LogP contribution in [0.25, 0.3) is 11.0 Å². The molecule has 8 nitrogen and oxygen atoms in total. The van der Waals surface area contributed by atoms with Gasteiger partial charge in [-0.2, -0.15) is 8.78 Å². The predicted octanol–water partition coefficient (Wildman–Crippen LogP) is 3.48. The highest BCUT2D eigenvalue weighted by Crippen LogP contribution is 2.38. The summed E-state index contributed by atoms with van der Waals surface area (Å²) in [5.41, 5.74) is 2.78. The van der Waals surface area contributed by atoms with E-state index in [1.54, 1.807) is 36.6 Å². The summed E-state index contributed by atoms with van der Waals surface area (Å²) >= 11 is 0. The molecule has 0 radical (unpaired) electrons. The minimum Gasteiger partial charge on any atom is -0.433 e. The molecule has 4 rings (SSSR count). The van der Waals surface area contributed by atoms with Crippen LogP contribution in [0.15, 0.2) is 36.8 Å². The maximum absolute atomic E-state index is 13.2. The molecule has 0 amide bonds. The van der Waals surface area contributed by atoms with Gasteiger partial charge in [0.05, 0.1) is 29.5 Å². The first-order valence-corrected chi connectivity index (χ1v) is 11.9. The van der Waals surface area contributed by atoms with Crippen molar-refractivity contribution in [3.8, 4) is 5.75 Å². The minimum absolute atomic E-state index is 0.0155. The van der Waals surface area contributed by atoms with Crippen LogP contribution in [0.1, 0.15) is 24.8 Å². The van der Waals surface area contributed by atoms with Gasteiger partial charge in [-0.05, 0) is 24.1 Å². The van der Waals surface area contributed by atoms with Crippen LogP contribution in [0.2, 0.25) is 0 Å². The van der Waals surface area contributed by atoms with Crippen molar-refractivity contribution in [2.24, 2.45) is 7.05 Å². The van der Waals surface area contributed by atoms with Gasteiger partial charge >= 0.3 is 6.61 Å². The molecular weight excluding hydrogens is 440 g/mol. The number of benzene rings is 1. The van der Waals surface area contributed by atoms with Crippen LogP contribution in [0.5, 0.6) is 5.75 Å². The number of hydrogen-bond donors (Lipinski definition) is 0. The second-order valence-corrected chi connectivity index (χ2v) is 9.97. The van der Waals surface area contributed by atoms with E-state index in [9.17, 15) is 17.2 Å². The Morgan fingerprint density at radius 2 is 2.00 bits per heavy atom. The fourth-order valence-electron chi connectivity index (χ4n) is 3.84. The van der Waals surface area contributed by atoms with E-state index in [2.05, 4.69) is 9.97 Å². The number of imidazole rings is 1. The number of aryl methyl sites for hydroxylation is 1. The van der Waals surface area contributed by atoms with Crippen molar-refractivity contribution in [1.82, 2.24) is 18.8 Å². The Hall–Kier alpha value is -2.79. The molecule has 0 unspecified atom stereocenters. The van der Waals surface area contributed by atoms with Crippen molar-refractivity contribution in [3.63, 3.8) is 0 Å². The normalized spacial score (nSPS) is 15.3. The largest absolute Gasteiger partial charge is 0.433 e. The zero-order valence-electron chi connectivity index (χ0n) is 18.1. The Bertz CT molecular complexity index is 1230. The van der Waals surface area contributed by atoms with Crippen LogP contribution in [0.4, 0.5) is 20.3 Å². The summed E-state index contributed by atoms with van der Waals surface area (Å²) in [6, 6.07) is 6.91. The van der Waals surface area contributed by atoms with Gasteiger partial charge in [0.15, 0.2) is 0 Å². The number of halogens is 2. The van der Waals surface area contributed by atoms with Gasteiger partial charge in [0.2, 0.25) is 10.0 Å². The molecule has 0 N–H and O–H groups in total. The standard InChI is InChI=1S/C21H25F2N5O3S/c1-4-7-32(29,30)28-11-15(12-28)14-5-6-17(19(8-14)31-21(22)23)27(3)20-9-18-16(10-24-20)25-13-26(18)2/h5-6,8-10,13,15,21H,4,7,11-12H2,1-3H3. The second kappa shape index (κ2) is 8.62. The molecule has 1 fully saturated rings. The SMILES string of the molecule is CCCS(=O)(=O)N1CC(c2ccc(N(C)c3cc4c(cn3)ncn4C)c(OC(F)F)c2)C1. The van der Waals surface area contributed by atoms with Crippen LogP contribution >= 0.6 is 0 Å². The number of hydrogen-bond acceptors (Lipinski definition) is 6. The third-order valence-corrected chi connectivity index (χ3v) is 7.69. The number of ether oxygens (including phenoxy) is 1. The number of aromatic nitrogens is 3. The molecule has 0 atom stereocenters. The Morgan fingerprint density at radius 1 is 1.25 bits per heavy atom. The van der Waals surface area contributed by atoms with Gasteiger partial charge in [-0.15, -0.1) is 0 Å². The summed E-state index contributed by atoms with van der Waals surface area (Å²) in [6.45, 7) is -0.499. The molecule has 32 heavy (non-hydrogen) atoms. The first-order valence-electron chi connectivity index (χ1n) is 10.3. The fourth-order valence-corrected chi connectivity index (χ4v) is 5.43. The quantitative estimate of drug-likeness (QED) is 0.507. The van der Waals surface area contributed by atoms with Crippen LogP contribution < -0.4 is 9.64 Å². The molecule has 1 saturated heterocycles. The zero-order chi connectivity index (χ0) is 23.0. The highest BCUT2D eigenvalue weighted by Gasteiger charge is 2.36. The van der Waals surface area contributed by atoms with E-state index in [-0.39, 0.29) is 17.4 Å². The number of fused-ring (bicyclic) bond motifs is 1. The average molecular weight is 466 g/mol. The minimum atomic E-state index is -3.26. The molecule has 11 heteroatoms. The molecule has 0 saturated carbocycles. The lowest BCUT2D eigenvalue weighted by atomic mass is 9.93. The summed E-state index contributed by atoms with van der Waals surface area (Å²) < 4.78 is 58.8. The molecule has 2 aromatic heterocycles. The molecule has 172 valence electrons. The van der Waals surface area contributed by atoms with Crippen LogP contribution in [-0.4, -0.2) is 59.8 Å². The monoisotopic (exact) mass is 465 g/mol. The van der Waals surface area contributed by atoms with Crippen molar-refractivity contribution in [2.45, 2.75) is 25.9 Å². The van der Waals surface area contributed by atoms with E-state index in [4.69, 9.17) is 4.74 Å². The number of rotatable bonds is 8. The Kier molecular flexibility index (Phi) is 6.04. The second-order valence-electron chi connectivity index (χ2n) is 7.88. The molecule has 0 spiro atoms. The fraction of sp³-hybridized carbons (Fsp3) is 0.429. The van der Waals surface area contributed by atoms with Crippen molar-refractivity contribution < 1.29 is 21.9 Å². The highest BCUT2D eigenvalue weighted by molar-refractivity contribution is 7.89. The van der Waals surface area contributed by atoms with E-state index in [1.807, 2.05) is 30.7 Å². The third kappa shape index (κ3) is 4.26. The summed E-state index contributed by atoms with van der Waals surface area (Å²) in [6.07, 6.45) is 3.86. The van der Waals surface area contributed by atoms with Gasteiger partial charge in [-0.3, -0.25) is 0 Å². The van der Waals surface area contributed by atoms with Gasteiger partial charge < -0.3 is 14.2 Å². The summed E-state index contributed by atoms with van der Waals surface area (Å²) in [7, 11) is 0.326. The van der Waals surface area contributed by atoms with E-state index in [0.717, 1.165) is 16.6 Å². The summed E-state index contributed by atoms with van der Waals surface area (Å²) in [4.78, 5) is 10.3. The molecule has 3 aromatic rings. The molecule has 0 bridgehead atoms. The maximum atomic E-state index is 13.2. The smallest absolute Gasteiger partial charge is 0.387 e. The number of alkyl halides is 2. The molecule has 1 aliphatic rings. The predicted molar refractivity (Wildman–Crippen MR) is 118 cm³/mol. The van der Waals surface area contributed by atoms with E-state index in [0.29, 0.717) is 31.0 Å². The third-order valence-electron chi connectivity index (χ3n) is 5.68. The van der Waals surface area contributed by atoms with Gasteiger partial charge in [0.1, 0.15) is 17.1 Å². The lowest BCUT2D eigenvalue weighted by Crippen LogP contribution is -2.49. The molecule has 0 aliphatic carbocycles. The van der Waals surface area contributed by atoms with Crippen LogP contribution in [0, 0.1) is 0 Å². The first kappa shape index (κ1) is 22.4. The van der Waals surface area contributed by atoms with Gasteiger partial charge in [-0.25, -0.2) is 22.7 Å². The topological polar surface area (TPSA) is 80.6 Å². The van der Waals surface area contributed by atoms with Crippen LogP contribution in [0.3, 0.4) is 0 Å².